The molecule has 1 aliphatic heterocycles. The molecule has 2 heterocycles. The lowest BCUT2D eigenvalue weighted by molar-refractivity contribution is -0.132. The van der Waals surface area contributed by atoms with Crippen molar-refractivity contribution in [1.29, 1.82) is 0 Å². The van der Waals surface area contributed by atoms with Crippen molar-refractivity contribution < 1.29 is 4.79 Å². The van der Waals surface area contributed by atoms with E-state index in [-0.39, 0.29) is 5.91 Å². The van der Waals surface area contributed by atoms with Gasteiger partial charge in [0.15, 0.2) is 0 Å². The van der Waals surface area contributed by atoms with Gasteiger partial charge in [0, 0.05) is 18.3 Å². The van der Waals surface area contributed by atoms with E-state index in [4.69, 9.17) is 0 Å². The average molecular weight is 258 g/mol. The SMILES string of the molecule is O=C1CCc2ccccc2CN1Cc1cscn1. The molecule has 3 nitrogen and oxygen atoms in total. The first kappa shape index (κ1) is 11.4. The van der Waals surface area contributed by atoms with Crippen molar-refractivity contribution in [3.63, 3.8) is 0 Å². The fraction of sp³-hybridized carbons (Fsp3) is 0.286. The second-order valence-electron chi connectivity index (χ2n) is 4.50. The molecule has 0 aliphatic carbocycles. The molecule has 0 bridgehead atoms. The topological polar surface area (TPSA) is 33.2 Å². The number of hydrogen-bond acceptors (Lipinski definition) is 3. The Morgan fingerprint density at radius 1 is 1.22 bits per heavy atom. The molecule has 2 aromatic rings. The van der Waals surface area contributed by atoms with Gasteiger partial charge in [0.05, 0.1) is 17.7 Å². The molecular formula is C14H14N2OS. The number of nitrogens with zero attached hydrogens (tertiary/aromatic N) is 2. The third-order valence-electron chi connectivity index (χ3n) is 3.28. The van der Waals surface area contributed by atoms with Crippen molar-refractivity contribution in [2.24, 2.45) is 0 Å². The highest BCUT2D eigenvalue weighted by Gasteiger charge is 2.20. The maximum absolute atomic E-state index is 12.1. The number of hydrogen-bond donors (Lipinski definition) is 0. The van der Waals surface area contributed by atoms with Crippen LogP contribution in [0.3, 0.4) is 0 Å². The number of carbonyl (C=O) groups is 1. The summed E-state index contributed by atoms with van der Waals surface area (Å²) in [5, 5.41) is 2.00. The van der Waals surface area contributed by atoms with Crippen molar-refractivity contribution in [3.05, 3.63) is 52.0 Å². The second-order valence-corrected chi connectivity index (χ2v) is 5.22. The van der Waals surface area contributed by atoms with Gasteiger partial charge in [-0.05, 0) is 17.5 Å². The van der Waals surface area contributed by atoms with Gasteiger partial charge in [0.1, 0.15) is 0 Å². The Bertz CT molecular complexity index is 551. The molecular weight excluding hydrogens is 244 g/mol. The third kappa shape index (κ3) is 2.29. The summed E-state index contributed by atoms with van der Waals surface area (Å²) in [6, 6.07) is 8.31. The van der Waals surface area contributed by atoms with E-state index in [1.54, 1.807) is 11.3 Å². The van der Waals surface area contributed by atoms with Gasteiger partial charge in [-0.15, -0.1) is 11.3 Å². The Kier molecular flexibility index (Phi) is 3.11. The fourth-order valence-electron chi connectivity index (χ4n) is 2.30. The van der Waals surface area contributed by atoms with Crippen LogP contribution in [0.2, 0.25) is 0 Å². The summed E-state index contributed by atoms with van der Waals surface area (Å²) in [5.74, 6) is 0.221. The summed E-state index contributed by atoms with van der Waals surface area (Å²) in [6.45, 7) is 1.32. The number of fused-ring (bicyclic) bond motifs is 1. The van der Waals surface area contributed by atoms with E-state index in [0.29, 0.717) is 19.5 Å². The van der Waals surface area contributed by atoms with Crippen LogP contribution < -0.4 is 0 Å². The molecule has 0 fully saturated rings. The minimum atomic E-state index is 0.221. The average Bonchev–Trinajstić information content (AvgIpc) is 2.84. The zero-order valence-electron chi connectivity index (χ0n) is 10.0. The molecule has 0 unspecified atom stereocenters. The molecule has 1 aliphatic rings. The Labute approximate surface area is 110 Å². The van der Waals surface area contributed by atoms with Crippen molar-refractivity contribution in [1.82, 2.24) is 9.88 Å². The van der Waals surface area contributed by atoms with Crippen LogP contribution in [0.5, 0.6) is 0 Å². The third-order valence-corrected chi connectivity index (χ3v) is 3.91. The number of aryl methyl sites for hydroxylation is 1. The van der Waals surface area contributed by atoms with Crippen LogP contribution in [0.1, 0.15) is 23.2 Å². The van der Waals surface area contributed by atoms with Crippen LogP contribution in [0, 0.1) is 0 Å². The monoisotopic (exact) mass is 258 g/mol. The quantitative estimate of drug-likeness (QED) is 0.829. The number of aromatic nitrogens is 1. The molecule has 1 aromatic heterocycles. The first-order valence-electron chi connectivity index (χ1n) is 6.04. The van der Waals surface area contributed by atoms with E-state index >= 15 is 0 Å². The normalized spacial score (nSPS) is 15.3. The highest BCUT2D eigenvalue weighted by atomic mass is 32.1. The summed E-state index contributed by atoms with van der Waals surface area (Å²) in [5.41, 5.74) is 5.35. The summed E-state index contributed by atoms with van der Waals surface area (Å²) in [6.07, 6.45) is 1.45. The highest BCUT2D eigenvalue weighted by Crippen LogP contribution is 2.20. The predicted molar refractivity (Wildman–Crippen MR) is 71.1 cm³/mol. The van der Waals surface area contributed by atoms with Gasteiger partial charge in [-0.2, -0.15) is 0 Å². The molecule has 0 spiro atoms. The molecule has 1 amide bonds. The van der Waals surface area contributed by atoms with E-state index in [1.165, 1.54) is 11.1 Å². The standard InChI is InChI=1S/C14H14N2OS/c17-14-6-5-11-3-1-2-4-12(11)7-16(14)8-13-9-18-10-15-13/h1-4,9-10H,5-8H2. The lowest BCUT2D eigenvalue weighted by Crippen LogP contribution is -2.28. The minimum absolute atomic E-state index is 0.221. The van der Waals surface area contributed by atoms with Crippen molar-refractivity contribution in [2.45, 2.75) is 25.9 Å². The summed E-state index contributed by atoms with van der Waals surface area (Å²) < 4.78 is 0. The van der Waals surface area contributed by atoms with Crippen molar-refractivity contribution in [3.8, 4) is 0 Å². The maximum Gasteiger partial charge on any atom is 0.223 e. The highest BCUT2D eigenvalue weighted by molar-refractivity contribution is 7.07. The van der Waals surface area contributed by atoms with E-state index in [0.717, 1.165) is 12.1 Å². The first-order valence-corrected chi connectivity index (χ1v) is 6.99. The lowest BCUT2D eigenvalue weighted by Gasteiger charge is -2.19. The summed E-state index contributed by atoms with van der Waals surface area (Å²) in [7, 11) is 0. The number of benzene rings is 1. The van der Waals surface area contributed by atoms with Gasteiger partial charge in [-0.1, -0.05) is 24.3 Å². The molecule has 0 N–H and O–H groups in total. The van der Waals surface area contributed by atoms with E-state index < -0.39 is 0 Å². The van der Waals surface area contributed by atoms with Gasteiger partial charge in [0.25, 0.3) is 0 Å². The summed E-state index contributed by atoms with van der Waals surface area (Å²) >= 11 is 1.57. The van der Waals surface area contributed by atoms with Gasteiger partial charge >= 0.3 is 0 Å². The lowest BCUT2D eigenvalue weighted by atomic mass is 10.0. The predicted octanol–water partition coefficient (Wildman–Crippen LogP) is 2.62. The number of rotatable bonds is 2. The molecule has 1 aromatic carbocycles. The molecule has 4 heteroatoms. The van der Waals surface area contributed by atoms with Gasteiger partial charge in [0.2, 0.25) is 5.91 Å². The van der Waals surface area contributed by atoms with Crippen LogP contribution in [0.4, 0.5) is 0 Å². The van der Waals surface area contributed by atoms with E-state index in [1.807, 2.05) is 27.9 Å². The van der Waals surface area contributed by atoms with Crippen LogP contribution in [-0.4, -0.2) is 15.8 Å². The zero-order valence-corrected chi connectivity index (χ0v) is 10.8. The second kappa shape index (κ2) is 4.90. The number of thiazole rings is 1. The van der Waals surface area contributed by atoms with E-state index in [2.05, 4.69) is 17.1 Å². The van der Waals surface area contributed by atoms with Gasteiger partial charge < -0.3 is 4.90 Å². The van der Waals surface area contributed by atoms with Crippen LogP contribution in [0.25, 0.3) is 0 Å². The molecule has 0 saturated heterocycles. The van der Waals surface area contributed by atoms with Crippen molar-refractivity contribution >= 4 is 17.2 Å². The van der Waals surface area contributed by atoms with Crippen LogP contribution in [0.15, 0.2) is 35.2 Å². The maximum atomic E-state index is 12.1. The molecule has 92 valence electrons. The number of carbonyl (C=O) groups excluding carboxylic acids is 1. The molecule has 0 atom stereocenters. The van der Waals surface area contributed by atoms with Gasteiger partial charge in [-0.3, -0.25) is 4.79 Å². The fourth-order valence-corrected chi connectivity index (χ4v) is 2.85. The Morgan fingerprint density at radius 2 is 2.06 bits per heavy atom. The molecule has 0 saturated carbocycles. The Hall–Kier alpha value is -1.68. The molecule has 18 heavy (non-hydrogen) atoms. The molecule has 0 radical (unpaired) electrons. The number of amides is 1. The van der Waals surface area contributed by atoms with Gasteiger partial charge in [-0.25, -0.2) is 4.98 Å². The Balaban J connectivity index is 1.84. The van der Waals surface area contributed by atoms with Crippen molar-refractivity contribution in [2.75, 3.05) is 0 Å². The smallest absolute Gasteiger partial charge is 0.223 e. The minimum Gasteiger partial charge on any atom is -0.332 e. The first-order chi connectivity index (χ1) is 8.83. The zero-order chi connectivity index (χ0) is 12.4. The van der Waals surface area contributed by atoms with Crippen LogP contribution in [-0.2, 0) is 24.3 Å². The molecule has 3 rings (SSSR count). The van der Waals surface area contributed by atoms with Crippen LogP contribution >= 0.6 is 11.3 Å². The largest absolute Gasteiger partial charge is 0.332 e. The van der Waals surface area contributed by atoms with E-state index in [9.17, 15) is 4.79 Å². The Morgan fingerprint density at radius 3 is 2.83 bits per heavy atom. The summed E-state index contributed by atoms with van der Waals surface area (Å²) in [4.78, 5) is 18.3.